The molecule has 0 aromatic rings. The molecule has 2 unspecified atom stereocenters. The molecule has 82 valence electrons. The van der Waals surface area contributed by atoms with Crippen LogP contribution in [0.25, 0.3) is 0 Å². The fourth-order valence-corrected chi connectivity index (χ4v) is 1.38. The molecule has 1 N–H and O–H groups in total. The normalized spacial score (nSPS) is 16.0. The molecule has 0 aliphatic rings. The smallest absolute Gasteiger partial charge is 0.0725 e. The third kappa shape index (κ3) is 4.59. The third-order valence-electron chi connectivity index (χ3n) is 2.48. The number of rotatable bonds is 6. The summed E-state index contributed by atoms with van der Waals surface area (Å²) in [6.07, 6.45) is 1.58. The molecule has 0 rings (SSSR count). The molecule has 0 amide bonds. The van der Waals surface area contributed by atoms with Crippen molar-refractivity contribution in [3.63, 3.8) is 0 Å². The summed E-state index contributed by atoms with van der Waals surface area (Å²) < 4.78 is 5.21. The molecule has 0 fully saturated rings. The van der Waals surface area contributed by atoms with Crippen LogP contribution in [0.15, 0.2) is 0 Å². The highest BCUT2D eigenvalue weighted by Gasteiger charge is 2.26. The summed E-state index contributed by atoms with van der Waals surface area (Å²) >= 11 is 0. The molecule has 2 atom stereocenters. The number of ether oxygens (including phenoxy) is 1. The average molecular weight is 199 g/mol. The van der Waals surface area contributed by atoms with Crippen LogP contribution in [-0.2, 0) is 4.74 Å². The summed E-state index contributed by atoms with van der Waals surface area (Å²) in [5, 5.41) is 18.7. The van der Waals surface area contributed by atoms with Gasteiger partial charge < -0.3 is 9.84 Å². The second kappa shape index (κ2) is 6.00. The minimum atomic E-state index is -0.588. The van der Waals surface area contributed by atoms with Gasteiger partial charge in [-0.3, -0.25) is 0 Å². The van der Waals surface area contributed by atoms with Crippen molar-refractivity contribution >= 4 is 0 Å². The van der Waals surface area contributed by atoms with Crippen molar-refractivity contribution in [3.8, 4) is 6.07 Å². The number of hydrogen-bond donors (Lipinski definition) is 1. The minimum absolute atomic E-state index is 0.269. The molecular formula is C11H21NO2. The number of aliphatic hydroxyl groups excluding tert-OH is 1. The average Bonchev–Trinajstić information content (AvgIpc) is 2.13. The minimum Gasteiger partial charge on any atom is -0.392 e. The Kier molecular flexibility index (Phi) is 5.75. The fraction of sp³-hybridized carbons (Fsp3) is 0.909. The number of aliphatic hydroxyl groups is 1. The summed E-state index contributed by atoms with van der Waals surface area (Å²) in [5.74, 6) is -0.269. The van der Waals surface area contributed by atoms with Crippen molar-refractivity contribution in [1.82, 2.24) is 0 Å². The second-order valence-corrected chi connectivity index (χ2v) is 4.26. The van der Waals surface area contributed by atoms with Gasteiger partial charge in [0.1, 0.15) is 0 Å². The maximum atomic E-state index is 9.80. The molecule has 0 radical (unpaired) electrons. The summed E-state index contributed by atoms with van der Waals surface area (Å²) in [6, 6.07) is 2.14. The van der Waals surface area contributed by atoms with Crippen LogP contribution in [0.4, 0.5) is 0 Å². The molecule has 3 heteroatoms. The van der Waals surface area contributed by atoms with Crippen LogP contribution in [0, 0.1) is 17.2 Å². The molecular weight excluding hydrogens is 178 g/mol. The number of methoxy groups -OCH3 is 1. The molecule has 0 bridgehead atoms. The van der Waals surface area contributed by atoms with E-state index in [1.54, 1.807) is 7.11 Å². The standard InChI is InChI=1S/C11H21NO2/c1-5-6-9(8-12)10(13)7-11(2,3)14-4/h9-10,13H,5-7H2,1-4H3. The highest BCUT2D eigenvalue weighted by Crippen LogP contribution is 2.22. The Balaban J connectivity index is 4.18. The molecule has 0 aromatic carbocycles. The van der Waals surface area contributed by atoms with Gasteiger partial charge in [0.25, 0.3) is 0 Å². The van der Waals surface area contributed by atoms with E-state index in [0.29, 0.717) is 6.42 Å². The van der Waals surface area contributed by atoms with Gasteiger partial charge >= 0.3 is 0 Å². The van der Waals surface area contributed by atoms with Crippen molar-refractivity contribution in [3.05, 3.63) is 0 Å². The number of nitriles is 1. The lowest BCUT2D eigenvalue weighted by molar-refractivity contribution is -0.0290. The topological polar surface area (TPSA) is 53.2 Å². The van der Waals surface area contributed by atoms with Gasteiger partial charge in [0.15, 0.2) is 0 Å². The van der Waals surface area contributed by atoms with E-state index in [0.717, 1.165) is 12.8 Å². The molecule has 0 saturated heterocycles. The summed E-state index contributed by atoms with van der Waals surface area (Å²) in [7, 11) is 1.62. The van der Waals surface area contributed by atoms with E-state index in [1.807, 2.05) is 20.8 Å². The first kappa shape index (κ1) is 13.4. The van der Waals surface area contributed by atoms with Crippen LogP contribution in [-0.4, -0.2) is 23.9 Å². The SMILES string of the molecule is CCCC(C#N)C(O)CC(C)(C)OC. The Labute approximate surface area is 86.7 Å². The van der Waals surface area contributed by atoms with Gasteiger partial charge in [-0.25, -0.2) is 0 Å². The molecule has 0 heterocycles. The van der Waals surface area contributed by atoms with Crippen molar-refractivity contribution in [1.29, 1.82) is 5.26 Å². The molecule has 3 nitrogen and oxygen atoms in total. The predicted molar refractivity (Wildman–Crippen MR) is 55.7 cm³/mol. The van der Waals surface area contributed by atoms with Gasteiger partial charge in [-0.15, -0.1) is 0 Å². The van der Waals surface area contributed by atoms with E-state index in [2.05, 4.69) is 6.07 Å². The van der Waals surface area contributed by atoms with E-state index in [9.17, 15) is 5.11 Å². The lowest BCUT2D eigenvalue weighted by Gasteiger charge is -2.27. The number of hydrogen-bond acceptors (Lipinski definition) is 3. The summed E-state index contributed by atoms with van der Waals surface area (Å²) in [6.45, 7) is 5.84. The van der Waals surface area contributed by atoms with Gasteiger partial charge in [-0.05, 0) is 20.3 Å². The fourth-order valence-electron chi connectivity index (χ4n) is 1.38. The van der Waals surface area contributed by atoms with Crippen LogP contribution in [0.3, 0.4) is 0 Å². The van der Waals surface area contributed by atoms with Crippen LogP contribution in [0.2, 0.25) is 0 Å². The van der Waals surface area contributed by atoms with Crippen LogP contribution >= 0.6 is 0 Å². The summed E-state index contributed by atoms with van der Waals surface area (Å²) in [5.41, 5.74) is -0.359. The van der Waals surface area contributed by atoms with Crippen molar-refractivity contribution in [2.45, 2.75) is 51.7 Å². The van der Waals surface area contributed by atoms with Gasteiger partial charge in [0, 0.05) is 13.5 Å². The van der Waals surface area contributed by atoms with E-state index in [4.69, 9.17) is 10.00 Å². The predicted octanol–water partition coefficient (Wildman–Crippen LogP) is 2.10. The zero-order valence-corrected chi connectivity index (χ0v) is 9.58. The second-order valence-electron chi connectivity index (χ2n) is 4.26. The van der Waals surface area contributed by atoms with Gasteiger partial charge in [0.05, 0.1) is 23.7 Å². The van der Waals surface area contributed by atoms with E-state index >= 15 is 0 Å². The van der Waals surface area contributed by atoms with Gasteiger partial charge in [-0.2, -0.15) is 5.26 Å². The van der Waals surface area contributed by atoms with Crippen molar-refractivity contribution in [2.75, 3.05) is 7.11 Å². The Bertz CT molecular complexity index is 196. The van der Waals surface area contributed by atoms with Crippen LogP contribution < -0.4 is 0 Å². The Morgan fingerprint density at radius 2 is 2.07 bits per heavy atom. The monoisotopic (exact) mass is 199 g/mol. The van der Waals surface area contributed by atoms with Gasteiger partial charge in [0.2, 0.25) is 0 Å². The van der Waals surface area contributed by atoms with E-state index in [1.165, 1.54) is 0 Å². The Morgan fingerprint density at radius 3 is 2.43 bits per heavy atom. The summed E-state index contributed by atoms with van der Waals surface area (Å²) in [4.78, 5) is 0. The first-order valence-corrected chi connectivity index (χ1v) is 5.09. The highest BCUT2D eigenvalue weighted by molar-refractivity contribution is 4.90. The van der Waals surface area contributed by atoms with Crippen molar-refractivity contribution < 1.29 is 9.84 Å². The highest BCUT2D eigenvalue weighted by atomic mass is 16.5. The zero-order valence-electron chi connectivity index (χ0n) is 9.58. The Hall–Kier alpha value is -0.590. The van der Waals surface area contributed by atoms with Crippen molar-refractivity contribution in [2.24, 2.45) is 5.92 Å². The van der Waals surface area contributed by atoms with E-state index in [-0.39, 0.29) is 11.5 Å². The lowest BCUT2D eigenvalue weighted by atomic mass is 9.90. The maximum absolute atomic E-state index is 9.80. The number of nitrogens with zero attached hydrogens (tertiary/aromatic N) is 1. The van der Waals surface area contributed by atoms with E-state index < -0.39 is 6.10 Å². The molecule has 0 aromatic heterocycles. The lowest BCUT2D eigenvalue weighted by Crippen LogP contribution is -2.32. The maximum Gasteiger partial charge on any atom is 0.0725 e. The molecule has 0 saturated carbocycles. The molecule has 14 heavy (non-hydrogen) atoms. The molecule has 0 aliphatic carbocycles. The molecule has 0 aliphatic heterocycles. The first-order valence-electron chi connectivity index (χ1n) is 5.09. The van der Waals surface area contributed by atoms with Gasteiger partial charge in [-0.1, -0.05) is 13.3 Å². The zero-order chi connectivity index (χ0) is 11.2. The quantitative estimate of drug-likeness (QED) is 0.712. The molecule has 0 spiro atoms. The Morgan fingerprint density at radius 1 is 1.50 bits per heavy atom. The largest absolute Gasteiger partial charge is 0.392 e. The van der Waals surface area contributed by atoms with Crippen LogP contribution in [0.5, 0.6) is 0 Å². The van der Waals surface area contributed by atoms with Crippen LogP contribution in [0.1, 0.15) is 40.0 Å². The first-order chi connectivity index (χ1) is 6.46. The third-order valence-corrected chi connectivity index (χ3v) is 2.48.